The lowest BCUT2D eigenvalue weighted by Gasteiger charge is -2.09. The number of methoxy groups -OCH3 is 3. The second kappa shape index (κ2) is 9.50. The van der Waals surface area contributed by atoms with Crippen LogP contribution in [0, 0.1) is 0 Å². The van der Waals surface area contributed by atoms with Crippen molar-refractivity contribution >= 4 is 11.8 Å². The molecule has 3 aromatic rings. The lowest BCUT2D eigenvalue weighted by molar-refractivity contribution is 0.215. The number of aromatic nitrogens is 2. The van der Waals surface area contributed by atoms with Gasteiger partial charge in [0.2, 0.25) is 0 Å². The van der Waals surface area contributed by atoms with Gasteiger partial charge in [-0.1, -0.05) is 6.07 Å². The number of rotatable bonds is 8. The van der Waals surface area contributed by atoms with Crippen LogP contribution in [0.1, 0.15) is 5.56 Å². The summed E-state index contributed by atoms with van der Waals surface area (Å²) < 4.78 is 22.6. The number of carbonyl (C=O) groups is 1. The van der Waals surface area contributed by atoms with Crippen LogP contribution in [0.4, 0.5) is 10.5 Å². The maximum atomic E-state index is 12.0. The molecule has 8 nitrogen and oxygen atoms in total. The van der Waals surface area contributed by atoms with Crippen molar-refractivity contribution in [2.45, 2.75) is 13.0 Å². The van der Waals surface area contributed by atoms with Gasteiger partial charge in [-0.25, -0.2) is 4.79 Å². The van der Waals surface area contributed by atoms with Crippen LogP contribution in [0.5, 0.6) is 23.0 Å². The Kier molecular flexibility index (Phi) is 6.57. The SMILES string of the molecule is COc1ccc(OC(=O)Nc2cnn(CCc3ccc(OC)c(OC)c3)c2)cc1. The van der Waals surface area contributed by atoms with E-state index in [0.717, 1.165) is 12.0 Å². The third-order valence-corrected chi connectivity index (χ3v) is 4.23. The van der Waals surface area contributed by atoms with Crippen LogP contribution in [0.25, 0.3) is 0 Å². The van der Waals surface area contributed by atoms with Crippen LogP contribution >= 0.6 is 0 Å². The molecule has 0 aliphatic rings. The fourth-order valence-electron chi connectivity index (χ4n) is 2.72. The number of hydrogen-bond acceptors (Lipinski definition) is 6. The second-order valence-electron chi connectivity index (χ2n) is 6.12. The summed E-state index contributed by atoms with van der Waals surface area (Å²) >= 11 is 0. The van der Waals surface area contributed by atoms with Crippen molar-refractivity contribution in [2.75, 3.05) is 26.6 Å². The van der Waals surface area contributed by atoms with Crippen molar-refractivity contribution in [3.05, 3.63) is 60.4 Å². The Hall–Kier alpha value is -3.68. The van der Waals surface area contributed by atoms with Crippen molar-refractivity contribution in [3.63, 3.8) is 0 Å². The van der Waals surface area contributed by atoms with E-state index < -0.39 is 6.09 Å². The Labute approximate surface area is 169 Å². The van der Waals surface area contributed by atoms with Gasteiger partial charge in [-0.15, -0.1) is 0 Å². The van der Waals surface area contributed by atoms with Crippen LogP contribution in [0.3, 0.4) is 0 Å². The summed E-state index contributed by atoms with van der Waals surface area (Å²) in [6.45, 7) is 0.644. The first-order chi connectivity index (χ1) is 14.1. The molecule has 3 rings (SSSR count). The van der Waals surface area contributed by atoms with E-state index in [2.05, 4.69) is 10.4 Å². The van der Waals surface area contributed by atoms with Crippen LogP contribution in [-0.2, 0) is 13.0 Å². The molecule has 2 aromatic carbocycles. The minimum Gasteiger partial charge on any atom is -0.497 e. The highest BCUT2D eigenvalue weighted by Gasteiger charge is 2.08. The summed E-state index contributed by atoms with van der Waals surface area (Å²) in [5, 5.41) is 6.92. The van der Waals surface area contributed by atoms with Gasteiger partial charge < -0.3 is 18.9 Å². The molecular weight excluding hydrogens is 374 g/mol. The lowest BCUT2D eigenvalue weighted by atomic mass is 10.1. The van der Waals surface area contributed by atoms with E-state index in [1.54, 1.807) is 62.7 Å². The number of hydrogen-bond donors (Lipinski definition) is 1. The number of benzene rings is 2. The number of carbonyl (C=O) groups excluding carboxylic acids is 1. The van der Waals surface area contributed by atoms with E-state index in [1.165, 1.54) is 0 Å². The molecule has 0 saturated heterocycles. The molecule has 1 N–H and O–H groups in total. The van der Waals surface area contributed by atoms with E-state index in [-0.39, 0.29) is 0 Å². The van der Waals surface area contributed by atoms with E-state index in [0.29, 0.717) is 35.2 Å². The van der Waals surface area contributed by atoms with Gasteiger partial charge in [0.25, 0.3) is 0 Å². The first kappa shape index (κ1) is 20.1. The Morgan fingerprint density at radius 1 is 0.966 bits per heavy atom. The van der Waals surface area contributed by atoms with Gasteiger partial charge >= 0.3 is 6.09 Å². The summed E-state index contributed by atoms with van der Waals surface area (Å²) in [7, 11) is 4.79. The van der Waals surface area contributed by atoms with Crippen LogP contribution < -0.4 is 24.3 Å². The lowest BCUT2D eigenvalue weighted by Crippen LogP contribution is -2.16. The average molecular weight is 397 g/mol. The fourth-order valence-corrected chi connectivity index (χ4v) is 2.72. The Morgan fingerprint density at radius 3 is 2.38 bits per heavy atom. The molecule has 0 bridgehead atoms. The highest BCUT2D eigenvalue weighted by molar-refractivity contribution is 5.85. The van der Waals surface area contributed by atoms with Crippen molar-refractivity contribution in [2.24, 2.45) is 0 Å². The average Bonchev–Trinajstić information content (AvgIpc) is 3.19. The number of nitrogens with one attached hydrogen (secondary N) is 1. The summed E-state index contributed by atoms with van der Waals surface area (Å²) in [5.74, 6) is 2.49. The normalized spacial score (nSPS) is 10.3. The Bertz CT molecular complexity index is 953. The predicted octanol–water partition coefficient (Wildman–Crippen LogP) is 3.76. The molecule has 0 fully saturated rings. The molecule has 0 radical (unpaired) electrons. The monoisotopic (exact) mass is 397 g/mol. The zero-order chi connectivity index (χ0) is 20.6. The largest absolute Gasteiger partial charge is 0.497 e. The number of ether oxygens (including phenoxy) is 4. The molecule has 0 aliphatic heterocycles. The predicted molar refractivity (Wildman–Crippen MR) is 108 cm³/mol. The van der Waals surface area contributed by atoms with Gasteiger partial charge in [0.1, 0.15) is 11.5 Å². The zero-order valence-corrected chi connectivity index (χ0v) is 16.5. The quantitative estimate of drug-likeness (QED) is 0.623. The standard InChI is InChI=1S/C21H23N3O5/c1-26-17-5-7-18(8-6-17)29-21(25)23-16-13-22-24(14-16)11-10-15-4-9-19(27-2)20(12-15)28-3/h4-9,12-14H,10-11H2,1-3H3,(H,23,25). The van der Waals surface area contributed by atoms with Gasteiger partial charge in [-0.3, -0.25) is 10.00 Å². The second-order valence-corrected chi connectivity index (χ2v) is 6.12. The van der Waals surface area contributed by atoms with E-state index in [4.69, 9.17) is 18.9 Å². The maximum Gasteiger partial charge on any atom is 0.417 e. The Balaban J connectivity index is 1.53. The molecule has 152 valence electrons. The molecule has 0 saturated carbocycles. The molecule has 29 heavy (non-hydrogen) atoms. The van der Waals surface area contributed by atoms with E-state index >= 15 is 0 Å². The first-order valence-electron chi connectivity index (χ1n) is 8.97. The smallest absolute Gasteiger partial charge is 0.417 e. The Morgan fingerprint density at radius 2 is 1.69 bits per heavy atom. The molecular formula is C21H23N3O5. The van der Waals surface area contributed by atoms with Gasteiger partial charge in [0.05, 0.1) is 33.2 Å². The third kappa shape index (κ3) is 5.41. The molecule has 0 aliphatic carbocycles. The van der Waals surface area contributed by atoms with E-state index in [1.807, 2.05) is 18.2 Å². The minimum atomic E-state index is -0.588. The fraction of sp³-hybridized carbons (Fsp3) is 0.238. The third-order valence-electron chi connectivity index (χ3n) is 4.23. The van der Waals surface area contributed by atoms with Crippen LogP contribution in [0.2, 0.25) is 0 Å². The number of aryl methyl sites for hydroxylation is 2. The molecule has 1 aromatic heterocycles. The van der Waals surface area contributed by atoms with Crippen molar-refractivity contribution in [1.29, 1.82) is 0 Å². The highest BCUT2D eigenvalue weighted by atomic mass is 16.6. The minimum absolute atomic E-state index is 0.421. The summed E-state index contributed by atoms with van der Waals surface area (Å²) in [4.78, 5) is 12.0. The zero-order valence-electron chi connectivity index (χ0n) is 16.5. The van der Waals surface area contributed by atoms with Gasteiger partial charge in [-0.05, 0) is 48.4 Å². The summed E-state index contributed by atoms with van der Waals surface area (Å²) in [6, 6.07) is 12.5. The maximum absolute atomic E-state index is 12.0. The summed E-state index contributed by atoms with van der Waals surface area (Å²) in [6.07, 6.45) is 3.48. The summed E-state index contributed by atoms with van der Waals surface area (Å²) in [5.41, 5.74) is 1.64. The number of amides is 1. The molecule has 0 unspecified atom stereocenters. The molecule has 0 spiro atoms. The van der Waals surface area contributed by atoms with Crippen LogP contribution in [0.15, 0.2) is 54.9 Å². The topological polar surface area (TPSA) is 83.8 Å². The molecule has 8 heteroatoms. The first-order valence-corrected chi connectivity index (χ1v) is 8.97. The molecule has 1 heterocycles. The number of anilines is 1. The van der Waals surface area contributed by atoms with Gasteiger partial charge in [0.15, 0.2) is 11.5 Å². The van der Waals surface area contributed by atoms with Gasteiger partial charge in [0, 0.05) is 12.7 Å². The van der Waals surface area contributed by atoms with Crippen molar-refractivity contribution < 1.29 is 23.7 Å². The molecule has 0 atom stereocenters. The molecule has 1 amide bonds. The van der Waals surface area contributed by atoms with E-state index in [9.17, 15) is 4.79 Å². The highest BCUT2D eigenvalue weighted by Crippen LogP contribution is 2.27. The van der Waals surface area contributed by atoms with Gasteiger partial charge in [-0.2, -0.15) is 5.10 Å². The number of nitrogens with zero attached hydrogens (tertiary/aromatic N) is 2. The van der Waals surface area contributed by atoms with Crippen molar-refractivity contribution in [1.82, 2.24) is 9.78 Å². The van der Waals surface area contributed by atoms with Crippen molar-refractivity contribution in [3.8, 4) is 23.0 Å². The van der Waals surface area contributed by atoms with Crippen LogP contribution in [-0.4, -0.2) is 37.2 Å².